The Balaban J connectivity index is 2.58. The summed E-state index contributed by atoms with van der Waals surface area (Å²) in [6, 6.07) is 0. The average Bonchev–Trinajstić information content (AvgIpc) is 2.47. The molecule has 0 atom stereocenters. The van der Waals surface area contributed by atoms with Crippen molar-refractivity contribution in [3.8, 4) is 23.0 Å². The molecule has 0 amide bonds. The first-order chi connectivity index (χ1) is 9.31. The Labute approximate surface area is 111 Å². The molecule has 0 radical (unpaired) electrons. The highest BCUT2D eigenvalue weighted by Gasteiger charge is 2.18. The number of nitrogens with one attached hydrogen (secondary N) is 1. The highest BCUT2D eigenvalue weighted by atomic mass is 16.5. The van der Waals surface area contributed by atoms with Crippen LogP contribution in [0.25, 0.3) is 11.4 Å². The molecule has 2 aromatic rings. The maximum atomic E-state index is 5.37. The molecule has 0 saturated heterocycles. The van der Waals surface area contributed by atoms with Crippen molar-refractivity contribution in [2.75, 3.05) is 26.1 Å². The highest BCUT2D eigenvalue weighted by Crippen LogP contribution is 2.35. The molecule has 0 aliphatic heterocycles. The van der Waals surface area contributed by atoms with E-state index in [1.165, 1.54) is 13.4 Å². The van der Waals surface area contributed by atoms with Crippen molar-refractivity contribution in [1.82, 2.24) is 19.9 Å². The Morgan fingerprint density at radius 1 is 1.00 bits per heavy atom. The minimum atomic E-state index is 0.391. The smallest absolute Gasteiger partial charge is 0.242 e. The van der Waals surface area contributed by atoms with Crippen molar-refractivity contribution in [2.24, 2.45) is 0 Å². The van der Waals surface area contributed by atoms with Gasteiger partial charge in [0, 0.05) is 18.9 Å². The van der Waals surface area contributed by atoms with Crippen LogP contribution in [0.3, 0.4) is 0 Å². The van der Waals surface area contributed by atoms with Gasteiger partial charge in [-0.15, -0.1) is 0 Å². The molecule has 2 aromatic heterocycles. The molecule has 2 heterocycles. The fourth-order valence-electron chi connectivity index (χ4n) is 1.67. The molecule has 0 unspecified atom stereocenters. The van der Waals surface area contributed by atoms with Crippen LogP contribution >= 0.6 is 0 Å². The minimum Gasteiger partial charge on any atom is -0.491 e. The average molecular weight is 261 g/mol. The Kier molecular flexibility index (Phi) is 4.07. The predicted molar refractivity (Wildman–Crippen MR) is 70.3 cm³/mol. The van der Waals surface area contributed by atoms with E-state index in [0.29, 0.717) is 28.8 Å². The van der Waals surface area contributed by atoms with Gasteiger partial charge in [0.15, 0.2) is 17.3 Å². The number of hydrogen-bond donors (Lipinski definition) is 1. The lowest BCUT2D eigenvalue weighted by molar-refractivity contribution is 0.395. The number of methoxy groups -OCH3 is 2. The lowest BCUT2D eigenvalue weighted by atomic mass is 10.2. The molecule has 2 rings (SSSR count). The van der Waals surface area contributed by atoms with Gasteiger partial charge in [-0.25, -0.2) is 19.9 Å². The predicted octanol–water partition coefficient (Wildman–Crippen LogP) is 1.38. The maximum absolute atomic E-state index is 5.37. The Morgan fingerprint density at radius 3 is 2.47 bits per heavy atom. The fourth-order valence-corrected chi connectivity index (χ4v) is 1.67. The van der Waals surface area contributed by atoms with Crippen LogP contribution in [0.2, 0.25) is 0 Å². The molecule has 19 heavy (non-hydrogen) atoms. The molecule has 0 bridgehead atoms. The van der Waals surface area contributed by atoms with E-state index in [2.05, 4.69) is 25.3 Å². The Bertz CT molecular complexity index is 562. The molecule has 100 valence electrons. The summed E-state index contributed by atoms with van der Waals surface area (Å²) in [5, 5.41) is 3.11. The van der Waals surface area contributed by atoms with E-state index in [1.807, 2.05) is 6.92 Å². The third-order valence-electron chi connectivity index (χ3n) is 2.43. The van der Waals surface area contributed by atoms with Crippen molar-refractivity contribution >= 4 is 5.82 Å². The molecule has 1 N–H and O–H groups in total. The Hall–Kier alpha value is -2.44. The van der Waals surface area contributed by atoms with Crippen molar-refractivity contribution in [3.05, 3.63) is 18.7 Å². The summed E-state index contributed by atoms with van der Waals surface area (Å²) in [5.41, 5.74) is 1.06. The lowest BCUT2D eigenvalue weighted by Gasteiger charge is -2.12. The van der Waals surface area contributed by atoms with Crippen LogP contribution in [-0.4, -0.2) is 40.7 Å². The number of aromatic nitrogens is 4. The SMILES string of the molecule is CCNc1ncnc(-c2nccnc2OC)c1OC. The van der Waals surface area contributed by atoms with Gasteiger partial charge < -0.3 is 14.8 Å². The van der Waals surface area contributed by atoms with E-state index in [0.717, 1.165) is 6.54 Å². The molecular formula is C12H15N5O2. The molecule has 0 saturated carbocycles. The second-order valence-corrected chi connectivity index (χ2v) is 3.55. The first-order valence-electron chi connectivity index (χ1n) is 5.80. The number of rotatable bonds is 5. The summed E-state index contributed by atoms with van der Waals surface area (Å²) in [4.78, 5) is 16.7. The molecule has 0 fully saturated rings. The lowest BCUT2D eigenvalue weighted by Crippen LogP contribution is -2.05. The summed E-state index contributed by atoms with van der Waals surface area (Å²) in [7, 11) is 3.10. The van der Waals surface area contributed by atoms with E-state index in [1.54, 1.807) is 19.5 Å². The van der Waals surface area contributed by atoms with Crippen LogP contribution in [0.15, 0.2) is 18.7 Å². The maximum Gasteiger partial charge on any atom is 0.242 e. The van der Waals surface area contributed by atoms with Gasteiger partial charge in [-0.3, -0.25) is 0 Å². The van der Waals surface area contributed by atoms with Gasteiger partial charge in [-0.1, -0.05) is 0 Å². The molecular weight excluding hydrogens is 246 g/mol. The van der Waals surface area contributed by atoms with Crippen molar-refractivity contribution in [1.29, 1.82) is 0 Å². The molecule has 7 nitrogen and oxygen atoms in total. The van der Waals surface area contributed by atoms with Crippen LogP contribution in [0.5, 0.6) is 11.6 Å². The summed E-state index contributed by atoms with van der Waals surface area (Å²) in [6.07, 6.45) is 4.58. The second-order valence-electron chi connectivity index (χ2n) is 3.55. The number of hydrogen-bond acceptors (Lipinski definition) is 7. The number of ether oxygens (including phenoxy) is 2. The Morgan fingerprint density at radius 2 is 1.79 bits per heavy atom. The van der Waals surface area contributed by atoms with Crippen LogP contribution < -0.4 is 14.8 Å². The zero-order chi connectivity index (χ0) is 13.7. The first kappa shape index (κ1) is 13.0. The fraction of sp³-hybridized carbons (Fsp3) is 0.333. The van der Waals surface area contributed by atoms with Crippen molar-refractivity contribution < 1.29 is 9.47 Å². The highest BCUT2D eigenvalue weighted by molar-refractivity contribution is 5.72. The largest absolute Gasteiger partial charge is 0.491 e. The van der Waals surface area contributed by atoms with Gasteiger partial charge in [0.05, 0.1) is 14.2 Å². The summed E-state index contributed by atoms with van der Waals surface area (Å²) >= 11 is 0. The quantitative estimate of drug-likeness (QED) is 0.870. The van der Waals surface area contributed by atoms with Crippen LogP contribution in [0.4, 0.5) is 5.82 Å². The van der Waals surface area contributed by atoms with Gasteiger partial charge in [-0.2, -0.15) is 0 Å². The van der Waals surface area contributed by atoms with Crippen molar-refractivity contribution in [3.63, 3.8) is 0 Å². The zero-order valence-electron chi connectivity index (χ0n) is 11.0. The van der Waals surface area contributed by atoms with Crippen molar-refractivity contribution in [2.45, 2.75) is 6.92 Å². The summed E-state index contributed by atoms with van der Waals surface area (Å²) < 4.78 is 10.6. The minimum absolute atomic E-state index is 0.391. The monoisotopic (exact) mass is 261 g/mol. The summed E-state index contributed by atoms with van der Waals surface area (Å²) in [5.74, 6) is 1.52. The van der Waals surface area contributed by atoms with E-state index in [-0.39, 0.29) is 0 Å². The topological polar surface area (TPSA) is 82.1 Å². The molecule has 0 aliphatic carbocycles. The second kappa shape index (κ2) is 5.94. The number of anilines is 1. The van der Waals surface area contributed by atoms with Crippen LogP contribution in [-0.2, 0) is 0 Å². The summed E-state index contributed by atoms with van der Waals surface area (Å²) in [6.45, 7) is 2.70. The van der Waals surface area contributed by atoms with E-state index < -0.39 is 0 Å². The standard InChI is InChI=1S/C12H15N5O2/c1-4-13-11-10(18-2)8(16-7-17-11)9-12(19-3)15-6-5-14-9/h5-7H,4H2,1-3H3,(H,13,16,17). The van der Waals surface area contributed by atoms with E-state index >= 15 is 0 Å². The van der Waals surface area contributed by atoms with Gasteiger partial charge >= 0.3 is 0 Å². The van der Waals surface area contributed by atoms with E-state index in [4.69, 9.17) is 9.47 Å². The molecule has 0 aliphatic rings. The third-order valence-corrected chi connectivity index (χ3v) is 2.43. The molecule has 0 spiro atoms. The first-order valence-corrected chi connectivity index (χ1v) is 5.80. The molecule has 7 heteroatoms. The zero-order valence-corrected chi connectivity index (χ0v) is 11.0. The van der Waals surface area contributed by atoms with Gasteiger partial charge in [0.2, 0.25) is 5.88 Å². The van der Waals surface area contributed by atoms with Gasteiger partial charge in [-0.05, 0) is 6.92 Å². The van der Waals surface area contributed by atoms with Gasteiger partial charge in [0.1, 0.15) is 12.0 Å². The van der Waals surface area contributed by atoms with Crippen LogP contribution in [0, 0.1) is 0 Å². The normalized spacial score (nSPS) is 10.1. The van der Waals surface area contributed by atoms with E-state index in [9.17, 15) is 0 Å². The van der Waals surface area contributed by atoms with Gasteiger partial charge in [0.25, 0.3) is 0 Å². The van der Waals surface area contributed by atoms with Crippen LogP contribution in [0.1, 0.15) is 6.92 Å². The third kappa shape index (κ3) is 2.54. The number of nitrogens with zero attached hydrogens (tertiary/aromatic N) is 4. The molecule has 0 aromatic carbocycles.